The third-order valence-corrected chi connectivity index (χ3v) is 8.49. The van der Waals surface area contributed by atoms with Gasteiger partial charge in [-0.25, -0.2) is 28.1 Å². The predicted molar refractivity (Wildman–Crippen MR) is 172 cm³/mol. The Morgan fingerprint density at radius 1 is 1.16 bits per heavy atom. The van der Waals surface area contributed by atoms with E-state index in [9.17, 15) is 9.59 Å². The average molecular weight is 613 g/mol. The number of nitrogen functional groups attached to an aromatic ring is 1. The van der Waals surface area contributed by atoms with Gasteiger partial charge in [0.05, 0.1) is 34.0 Å². The molecule has 1 amide bonds. The summed E-state index contributed by atoms with van der Waals surface area (Å²) >= 11 is 0. The zero-order chi connectivity index (χ0) is 32.3. The van der Waals surface area contributed by atoms with Crippen LogP contribution in [0.25, 0.3) is 39.0 Å². The van der Waals surface area contributed by atoms with Crippen LogP contribution >= 0.6 is 0 Å². The van der Waals surface area contributed by atoms with E-state index in [4.69, 9.17) is 5.73 Å². The molecule has 10 nitrogen and oxygen atoms in total. The van der Waals surface area contributed by atoms with Gasteiger partial charge in [-0.05, 0) is 55.7 Å². The number of pyridine rings is 1. The largest absolute Gasteiger partial charge is 0.398 e. The van der Waals surface area contributed by atoms with Crippen LogP contribution in [0, 0.1) is 18.6 Å². The molecule has 2 aromatic carbocycles. The average Bonchev–Trinajstić information content (AvgIpc) is 3.35. The second-order valence-electron chi connectivity index (χ2n) is 11.8. The van der Waals surface area contributed by atoms with Gasteiger partial charge in [0.2, 0.25) is 5.91 Å². The first-order valence-corrected chi connectivity index (χ1v) is 14.7. The van der Waals surface area contributed by atoms with Gasteiger partial charge in [0.15, 0.2) is 11.5 Å². The molecular formula is C33H34F2N8O2. The number of hydrogen-bond acceptors (Lipinski definition) is 7. The smallest absolute Gasteiger partial charge is 0.355 e. The maximum Gasteiger partial charge on any atom is 0.355 e. The van der Waals surface area contributed by atoms with Crippen molar-refractivity contribution < 1.29 is 13.6 Å². The van der Waals surface area contributed by atoms with Crippen LogP contribution in [-0.4, -0.2) is 60.6 Å². The number of carbonyl (C=O) groups excluding carboxylic acids is 1. The highest BCUT2D eigenvalue weighted by Crippen LogP contribution is 2.38. The summed E-state index contributed by atoms with van der Waals surface area (Å²) in [6, 6.07) is 6.99. The highest BCUT2D eigenvalue weighted by Gasteiger charge is 2.31. The maximum absolute atomic E-state index is 16.1. The molecule has 1 atom stereocenters. The van der Waals surface area contributed by atoms with Gasteiger partial charge >= 0.3 is 5.69 Å². The van der Waals surface area contributed by atoms with E-state index in [0.29, 0.717) is 25.3 Å². The van der Waals surface area contributed by atoms with Crippen LogP contribution in [0.2, 0.25) is 0 Å². The molecule has 0 saturated carbocycles. The molecule has 232 valence electrons. The molecule has 6 rings (SSSR count). The minimum absolute atomic E-state index is 0.00881. The summed E-state index contributed by atoms with van der Waals surface area (Å²) in [6.07, 6.45) is 2.98. The van der Waals surface area contributed by atoms with E-state index in [1.807, 2.05) is 50.3 Å². The lowest BCUT2D eigenvalue weighted by molar-refractivity contribution is -0.126. The number of benzene rings is 2. The number of rotatable bonds is 5. The number of halogens is 2. The highest BCUT2D eigenvalue weighted by atomic mass is 19.1. The fraction of sp³-hybridized carbons (Fsp3) is 0.303. The molecule has 0 spiro atoms. The number of piperazine rings is 1. The van der Waals surface area contributed by atoms with E-state index in [1.54, 1.807) is 11.2 Å². The lowest BCUT2D eigenvalue weighted by atomic mass is 9.95. The molecule has 1 aliphatic heterocycles. The maximum atomic E-state index is 16.1. The Bertz CT molecular complexity index is 2060. The summed E-state index contributed by atoms with van der Waals surface area (Å²) in [5.41, 5.74) is 8.78. The normalized spacial score (nSPS) is 15.4. The van der Waals surface area contributed by atoms with E-state index in [-0.39, 0.29) is 51.7 Å². The van der Waals surface area contributed by atoms with Gasteiger partial charge < -0.3 is 20.1 Å². The van der Waals surface area contributed by atoms with Crippen LogP contribution in [0.15, 0.2) is 54.1 Å². The summed E-state index contributed by atoms with van der Waals surface area (Å²) in [7, 11) is 1.90. The molecule has 1 saturated heterocycles. The molecule has 0 bridgehead atoms. The SMILES string of the molecule is C=CC(=O)N1CCN(c2nc(=O)n(-c3c(C)cc4c(ncn4C)c3C(C)C)c3nc(-c4c(N)cccc4F)c(F)cc23)[C@@H](C)C1. The number of carbonyl (C=O) groups is 1. The van der Waals surface area contributed by atoms with Crippen molar-refractivity contribution in [3.8, 4) is 16.9 Å². The molecule has 4 heterocycles. The lowest BCUT2D eigenvalue weighted by Crippen LogP contribution is -2.54. The summed E-state index contributed by atoms with van der Waals surface area (Å²) in [4.78, 5) is 43.9. The standard InChI is InChI=1S/C33H34F2N8O2/c1-7-25(44)41-11-12-42(19(5)15-41)31-20-14-22(35)28(27-21(34)9-8-10-23(27)36)38-32(20)43(33(45)39-31)30-18(4)13-24-29(26(30)17(2)3)37-16-40(24)6/h7-10,13-14,16-17,19H,1,11-12,15,36H2,2-6H3/t19-/m0/s1. The van der Waals surface area contributed by atoms with Crippen molar-refractivity contribution in [3.63, 3.8) is 0 Å². The molecule has 3 aromatic heterocycles. The van der Waals surface area contributed by atoms with Crippen molar-refractivity contribution in [3.05, 3.63) is 82.6 Å². The van der Waals surface area contributed by atoms with E-state index in [1.165, 1.54) is 34.9 Å². The van der Waals surface area contributed by atoms with Gasteiger partial charge in [0.1, 0.15) is 17.3 Å². The monoisotopic (exact) mass is 612 g/mol. The van der Waals surface area contributed by atoms with Gasteiger partial charge in [-0.15, -0.1) is 0 Å². The second-order valence-corrected chi connectivity index (χ2v) is 11.8. The first kappa shape index (κ1) is 29.9. The highest BCUT2D eigenvalue weighted by molar-refractivity contribution is 5.93. The van der Waals surface area contributed by atoms with Gasteiger partial charge in [-0.2, -0.15) is 4.98 Å². The van der Waals surface area contributed by atoms with Crippen molar-refractivity contribution >= 4 is 39.5 Å². The Morgan fingerprint density at radius 2 is 1.91 bits per heavy atom. The van der Waals surface area contributed by atoms with Gasteiger partial charge in [0, 0.05) is 44.0 Å². The molecular weight excluding hydrogens is 578 g/mol. The lowest BCUT2D eigenvalue weighted by Gasteiger charge is -2.40. The van der Waals surface area contributed by atoms with Gasteiger partial charge in [-0.3, -0.25) is 4.79 Å². The number of fused-ring (bicyclic) bond motifs is 2. The quantitative estimate of drug-likeness (QED) is 0.223. The molecule has 0 unspecified atom stereocenters. The fourth-order valence-corrected chi connectivity index (χ4v) is 6.35. The third-order valence-electron chi connectivity index (χ3n) is 8.49. The van der Waals surface area contributed by atoms with Crippen LogP contribution < -0.4 is 16.3 Å². The number of amides is 1. The zero-order valence-corrected chi connectivity index (χ0v) is 25.8. The number of aryl methyl sites for hydroxylation is 2. The molecule has 1 fully saturated rings. The molecule has 45 heavy (non-hydrogen) atoms. The number of imidazole rings is 1. The van der Waals surface area contributed by atoms with Crippen molar-refractivity contribution in [2.24, 2.45) is 7.05 Å². The number of nitrogens with two attached hydrogens (primary N) is 1. The first-order chi connectivity index (χ1) is 21.4. The van der Waals surface area contributed by atoms with E-state index in [2.05, 4.69) is 21.5 Å². The summed E-state index contributed by atoms with van der Waals surface area (Å²) in [5.74, 6) is -1.60. The predicted octanol–water partition coefficient (Wildman–Crippen LogP) is 4.85. The van der Waals surface area contributed by atoms with Crippen molar-refractivity contribution in [2.45, 2.75) is 39.7 Å². The molecule has 0 radical (unpaired) electrons. The minimum Gasteiger partial charge on any atom is -0.398 e. The van der Waals surface area contributed by atoms with Crippen molar-refractivity contribution in [2.75, 3.05) is 30.3 Å². The Hall–Kier alpha value is -5.13. The van der Waals surface area contributed by atoms with Gasteiger partial charge in [0.25, 0.3) is 0 Å². The molecule has 5 aromatic rings. The summed E-state index contributed by atoms with van der Waals surface area (Å²) < 4.78 is 34.5. The van der Waals surface area contributed by atoms with Crippen LogP contribution in [-0.2, 0) is 11.8 Å². The molecule has 0 aliphatic carbocycles. The van der Waals surface area contributed by atoms with E-state index < -0.39 is 17.3 Å². The van der Waals surface area contributed by atoms with Crippen molar-refractivity contribution in [1.29, 1.82) is 0 Å². The number of nitrogens with zero attached hydrogens (tertiary/aromatic N) is 7. The molecule has 2 N–H and O–H groups in total. The van der Waals surface area contributed by atoms with Crippen LogP contribution in [0.1, 0.15) is 37.8 Å². The molecule has 12 heteroatoms. The van der Waals surface area contributed by atoms with Crippen LogP contribution in [0.4, 0.5) is 20.3 Å². The number of aromatic nitrogens is 5. The Morgan fingerprint density at radius 3 is 2.58 bits per heavy atom. The summed E-state index contributed by atoms with van der Waals surface area (Å²) in [6.45, 7) is 12.4. The van der Waals surface area contributed by atoms with E-state index in [0.717, 1.165) is 22.2 Å². The minimum atomic E-state index is -0.818. The van der Waals surface area contributed by atoms with Crippen LogP contribution in [0.5, 0.6) is 0 Å². The summed E-state index contributed by atoms with van der Waals surface area (Å²) in [5, 5.41) is 0.260. The fourth-order valence-electron chi connectivity index (χ4n) is 6.35. The Balaban J connectivity index is 1.70. The van der Waals surface area contributed by atoms with Crippen LogP contribution in [0.3, 0.4) is 0 Å². The second kappa shape index (κ2) is 11.1. The van der Waals surface area contributed by atoms with E-state index >= 15 is 8.78 Å². The Labute approximate surface area is 258 Å². The third kappa shape index (κ3) is 4.80. The number of hydrogen-bond donors (Lipinski definition) is 1. The Kier molecular flexibility index (Phi) is 7.38. The van der Waals surface area contributed by atoms with Crippen molar-refractivity contribution in [1.82, 2.24) is 29.0 Å². The topological polar surface area (TPSA) is 115 Å². The zero-order valence-electron chi connectivity index (χ0n) is 25.8. The first-order valence-electron chi connectivity index (χ1n) is 14.7. The number of anilines is 2. The van der Waals surface area contributed by atoms with Gasteiger partial charge in [-0.1, -0.05) is 26.5 Å². The molecule has 1 aliphatic rings.